The average Bonchev–Trinajstić information content (AvgIpc) is 3.08. The molecule has 3 N–H and O–H groups in total. The Morgan fingerprint density at radius 1 is 1.21 bits per heavy atom. The first-order valence-electron chi connectivity index (χ1n) is 5.30. The lowest BCUT2D eigenvalue weighted by Crippen LogP contribution is -2.05. The Morgan fingerprint density at radius 3 is 2.00 bits per heavy atom. The number of aliphatic carboxylic acids is 1. The molecule has 0 amide bonds. The highest BCUT2D eigenvalue weighted by atomic mass is 16.4. The first kappa shape index (κ1) is 14.2. The van der Waals surface area contributed by atoms with Gasteiger partial charge in [0.15, 0.2) is 11.6 Å². The molecule has 0 fully saturated rings. The first-order chi connectivity index (χ1) is 9.15. The zero-order valence-corrected chi connectivity index (χ0v) is 10.2. The predicted octanol–water partition coefficient (Wildman–Crippen LogP) is 0.848. The van der Waals surface area contributed by atoms with Crippen LogP contribution in [0.25, 0.3) is 0 Å². The van der Waals surface area contributed by atoms with Crippen LogP contribution in [0.4, 0.5) is 0 Å². The molecule has 0 atom stereocenters. The molecule has 0 saturated heterocycles. The number of aromatic amines is 2. The van der Waals surface area contributed by atoms with Crippen molar-refractivity contribution in [2.75, 3.05) is 0 Å². The van der Waals surface area contributed by atoms with Gasteiger partial charge in [0.25, 0.3) is 5.78 Å². The van der Waals surface area contributed by atoms with Crippen molar-refractivity contribution < 1.29 is 14.7 Å². The summed E-state index contributed by atoms with van der Waals surface area (Å²) in [5.41, 5.74) is 0. The zero-order chi connectivity index (χ0) is 14.1. The van der Waals surface area contributed by atoms with Crippen LogP contribution < -0.4 is 0 Å². The monoisotopic (exact) mass is 260 g/mol. The van der Waals surface area contributed by atoms with Crippen LogP contribution in [0, 0.1) is 11.8 Å². The van der Waals surface area contributed by atoms with Crippen molar-refractivity contribution in [3.63, 3.8) is 0 Å². The fourth-order valence-corrected chi connectivity index (χ4v) is 1.06. The van der Waals surface area contributed by atoms with Crippen LogP contribution in [-0.4, -0.2) is 36.8 Å². The van der Waals surface area contributed by atoms with Crippen LogP contribution in [0.15, 0.2) is 24.8 Å². The second-order valence-electron chi connectivity index (χ2n) is 3.20. The summed E-state index contributed by atoms with van der Waals surface area (Å²) in [5.74, 6) is 4.36. The van der Waals surface area contributed by atoms with E-state index >= 15 is 0 Å². The van der Waals surface area contributed by atoms with E-state index in [0.717, 1.165) is 0 Å². The van der Waals surface area contributed by atoms with E-state index in [1.807, 2.05) is 0 Å². The number of hydrogen-bond acceptors (Lipinski definition) is 4. The molecular formula is C12H12N4O3. The molecule has 0 aliphatic rings. The molecule has 7 nitrogen and oxygen atoms in total. The zero-order valence-electron chi connectivity index (χ0n) is 10.2. The maximum Gasteiger partial charge on any atom is 0.315 e. The standard InChI is InChI=1S/C7H6N4O.C5H6O2/c12-5(6-8-1-2-9-6)7-10-3-4-11-7;1-2-3-4-5(6)7/h1-4H,(H,8,9)(H,10,11);4H2,1H3,(H,6,7). The number of rotatable bonds is 3. The van der Waals surface area contributed by atoms with Gasteiger partial charge in [0.05, 0.1) is 0 Å². The van der Waals surface area contributed by atoms with Crippen molar-refractivity contribution in [2.45, 2.75) is 13.3 Å². The number of nitrogens with zero attached hydrogens (tertiary/aromatic N) is 2. The van der Waals surface area contributed by atoms with Crippen LogP contribution in [0.5, 0.6) is 0 Å². The van der Waals surface area contributed by atoms with E-state index in [4.69, 9.17) is 5.11 Å². The van der Waals surface area contributed by atoms with E-state index in [-0.39, 0.29) is 12.2 Å². The third-order valence-electron chi connectivity index (χ3n) is 1.84. The highest BCUT2D eigenvalue weighted by molar-refractivity contribution is 6.03. The normalized spacial score (nSPS) is 8.68. The Hall–Kier alpha value is -2.88. The van der Waals surface area contributed by atoms with Crippen LogP contribution >= 0.6 is 0 Å². The molecule has 0 spiro atoms. The SMILES string of the molecule is CC#CCC(=O)O.O=C(c1ncc[nH]1)c1ncc[nH]1. The molecule has 2 heterocycles. The van der Waals surface area contributed by atoms with Gasteiger partial charge in [0, 0.05) is 24.8 Å². The number of carbonyl (C=O) groups is 2. The smallest absolute Gasteiger partial charge is 0.315 e. The van der Waals surface area contributed by atoms with E-state index in [0.29, 0.717) is 11.6 Å². The van der Waals surface area contributed by atoms with E-state index in [2.05, 4.69) is 31.8 Å². The second-order valence-corrected chi connectivity index (χ2v) is 3.20. The highest BCUT2D eigenvalue weighted by Crippen LogP contribution is 1.98. The average molecular weight is 260 g/mol. The van der Waals surface area contributed by atoms with Crippen molar-refractivity contribution in [3.8, 4) is 11.8 Å². The van der Waals surface area contributed by atoms with Gasteiger partial charge in [-0.3, -0.25) is 9.59 Å². The molecule has 0 unspecified atom stereocenters. The Kier molecular flexibility index (Phi) is 5.56. The summed E-state index contributed by atoms with van der Waals surface area (Å²) in [6.07, 6.45) is 6.19. The summed E-state index contributed by atoms with van der Waals surface area (Å²) >= 11 is 0. The van der Waals surface area contributed by atoms with Gasteiger partial charge in [0.2, 0.25) is 0 Å². The molecule has 2 rings (SSSR count). The first-order valence-corrected chi connectivity index (χ1v) is 5.30. The number of nitrogens with one attached hydrogen (secondary N) is 2. The van der Waals surface area contributed by atoms with Crippen LogP contribution in [-0.2, 0) is 4.79 Å². The number of ketones is 1. The third kappa shape index (κ3) is 4.87. The lowest BCUT2D eigenvalue weighted by Gasteiger charge is -1.89. The maximum absolute atomic E-state index is 11.4. The molecule has 0 saturated carbocycles. The molecular weight excluding hydrogens is 248 g/mol. The van der Waals surface area contributed by atoms with E-state index in [1.54, 1.807) is 19.3 Å². The summed E-state index contributed by atoms with van der Waals surface area (Å²) in [4.78, 5) is 34.1. The van der Waals surface area contributed by atoms with Crippen LogP contribution in [0.2, 0.25) is 0 Å². The van der Waals surface area contributed by atoms with Crippen LogP contribution in [0.1, 0.15) is 29.8 Å². The Balaban J connectivity index is 0.000000224. The quantitative estimate of drug-likeness (QED) is 0.559. The van der Waals surface area contributed by atoms with E-state index in [9.17, 15) is 9.59 Å². The number of hydrogen-bond donors (Lipinski definition) is 3. The number of aromatic nitrogens is 4. The summed E-state index contributed by atoms with van der Waals surface area (Å²) in [6, 6.07) is 0. The minimum atomic E-state index is -0.866. The molecule has 0 bridgehead atoms. The Bertz CT molecular complexity index is 540. The molecule has 2 aromatic heterocycles. The molecule has 0 aliphatic heterocycles. The van der Waals surface area contributed by atoms with E-state index < -0.39 is 5.97 Å². The fraction of sp³-hybridized carbons (Fsp3) is 0.167. The largest absolute Gasteiger partial charge is 0.481 e. The number of carboxylic acids is 1. The van der Waals surface area contributed by atoms with Gasteiger partial charge < -0.3 is 15.1 Å². The van der Waals surface area contributed by atoms with Gasteiger partial charge in [-0.05, 0) is 6.92 Å². The highest BCUT2D eigenvalue weighted by Gasteiger charge is 2.12. The minimum Gasteiger partial charge on any atom is -0.481 e. The molecule has 19 heavy (non-hydrogen) atoms. The summed E-state index contributed by atoms with van der Waals surface area (Å²) in [6.45, 7) is 1.61. The van der Waals surface area contributed by atoms with Gasteiger partial charge in [-0.15, -0.1) is 5.92 Å². The summed E-state index contributed by atoms with van der Waals surface area (Å²) in [5, 5.41) is 7.94. The lowest BCUT2D eigenvalue weighted by atomic mass is 10.3. The number of carbonyl (C=O) groups excluding carboxylic acids is 1. The Morgan fingerprint density at radius 2 is 1.74 bits per heavy atom. The van der Waals surface area contributed by atoms with Crippen molar-refractivity contribution >= 4 is 11.8 Å². The maximum atomic E-state index is 11.4. The second kappa shape index (κ2) is 7.45. The van der Waals surface area contributed by atoms with Gasteiger partial charge in [0.1, 0.15) is 6.42 Å². The minimum absolute atomic E-state index is 0.0451. The molecule has 7 heteroatoms. The molecule has 2 aromatic rings. The number of H-pyrrole nitrogens is 2. The number of imidazole rings is 2. The van der Waals surface area contributed by atoms with Gasteiger partial charge in [-0.2, -0.15) is 0 Å². The number of carboxylic acid groups (broad SMARTS) is 1. The van der Waals surface area contributed by atoms with Crippen molar-refractivity contribution in [3.05, 3.63) is 36.4 Å². The summed E-state index contributed by atoms with van der Waals surface area (Å²) < 4.78 is 0. The molecule has 0 radical (unpaired) electrons. The molecule has 0 aromatic carbocycles. The summed E-state index contributed by atoms with van der Waals surface area (Å²) in [7, 11) is 0. The van der Waals surface area contributed by atoms with Gasteiger partial charge >= 0.3 is 5.97 Å². The fourth-order valence-electron chi connectivity index (χ4n) is 1.06. The van der Waals surface area contributed by atoms with Gasteiger partial charge in [-0.25, -0.2) is 9.97 Å². The van der Waals surface area contributed by atoms with Gasteiger partial charge in [-0.1, -0.05) is 5.92 Å². The van der Waals surface area contributed by atoms with Crippen molar-refractivity contribution in [1.29, 1.82) is 0 Å². The van der Waals surface area contributed by atoms with E-state index in [1.165, 1.54) is 12.4 Å². The van der Waals surface area contributed by atoms with Crippen LogP contribution in [0.3, 0.4) is 0 Å². The molecule has 0 aliphatic carbocycles. The van der Waals surface area contributed by atoms with Crippen molar-refractivity contribution in [2.24, 2.45) is 0 Å². The predicted molar refractivity (Wildman–Crippen MR) is 66.3 cm³/mol. The Labute approximate surface area is 109 Å². The van der Waals surface area contributed by atoms with Crippen molar-refractivity contribution in [1.82, 2.24) is 19.9 Å². The third-order valence-corrected chi connectivity index (χ3v) is 1.84. The molecule has 98 valence electrons. The lowest BCUT2D eigenvalue weighted by molar-refractivity contribution is -0.135. The topological polar surface area (TPSA) is 112 Å².